The van der Waals surface area contributed by atoms with Crippen LogP contribution in [-0.4, -0.2) is 25.4 Å². The number of hydrogen-bond donors (Lipinski definition) is 2. The topological polar surface area (TPSA) is 74.8 Å². The number of imidazole rings is 1. The van der Waals surface area contributed by atoms with Gasteiger partial charge >= 0.3 is 0 Å². The molecule has 5 nitrogen and oxygen atoms in total. The second kappa shape index (κ2) is 4.94. The molecule has 2 N–H and O–H groups in total. The number of aromatic nitrogens is 2. The highest BCUT2D eigenvalue weighted by Crippen LogP contribution is 2.21. The van der Waals surface area contributed by atoms with E-state index in [1.807, 2.05) is 6.92 Å². The fourth-order valence-corrected chi connectivity index (χ4v) is 2.32. The van der Waals surface area contributed by atoms with Crippen molar-refractivity contribution < 1.29 is 15.0 Å². The summed E-state index contributed by atoms with van der Waals surface area (Å²) in [7, 11) is 0. The second-order valence-electron chi connectivity index (χ2n) is 4.75. The van der Waals surface area contributed by atoms with E-state index in [0.29, 0.717) is 29.0 Å². The smallest absolute Gasteiger partial charge is 0.211 e. The van der Waals surface area contributed by atoms with Gasteiger partial charge in [-0.25, -0.2) is 4.98 Å². The summed E-state index contributed by atoms with van der Waals surface area (Å²) in [6.07, 6.45) is 2.24. The molecule has 0 radical (unpaired) electrons. The van der Waals surface area contributed by atoms with Gasteiger partial charge in [-0.3, -0.25) is 9.20 Å². The molecule has 3 rings (SSSR count). The monoisotopic (exact) mass is 282 g/mol. The molecule has 0 aliphatic heterocycles. The number of carbonyl (C=O) groups excluding carboxylic acids is 1. The van der Waals surface area contributed by atoms with Gasteiger partial charge in [-0.2, -0.15) is 0 Å². The van der Waals surface area contributed by atoms with Crippen LogP contribution in [0.1, 0.15) is 28.7 Å². The van der Waals surface area contributed by atoms with Gasteiger partial charge in [0.05, 0.1) is 5.69 Å². The van der Waals surface area contributed by atoms with Gasteiger partial charge in [0.15, 0.2) is 0 Å². The summed E-state index contributed by atoms with van der Waals surface area (Å²) in [5.74, 6) is 0.0640. The average molecular weight is 282 g/mol. The molecule has 0 amide bonds. The molecule has 2 heterocycles. The van der Waals surface area contributed by atoms with E-state index in [4.69, 9.17) is 0 Å². The number of hydrogen-bond acceptors (Lipinski definition) is 4. The molecular weight excluding hydrogens is 268 g/mol. The van der Waals surface area contributed by atoms with Crippen LogP contribution in [0.25, 0.3) is 5.65 Å². The van der Waals surface area contributed by atoms with Crippen molar-refractivity contribution in [2.24, 2.45) is 0 Å². The Balaban J connectivity index is 2.18. The number of carbonyl (C=O) groups is 1. The zero-order chi connectivity index (χ0) is 15.0. The lowest BCUT2D eigenvalue weighted by Gasteiger charge is -2.04. The fraction of sp³-hybridized carbons (Fsp3) is 0.125. The molecule has 0 bridgehead atoms. The number of fused-ring (bicyclic) bond motifs is 1. The van der Waals surface area contributed by atoms with E-state index >= 15 is 0 Å². The highest BCUT2D eigenvalue weighted by molar-refractivity contribution is 6.09. The molecule has 0 fully saturated rings. The zero-order valence-corrected chi connectivity index (χ0v) is 11.4. The van der Waals surface area contributed by atoms with Crippen molar-refractivity contribution in [1.29, 1.82) is 0 Å². The Bertz CT molecular complexity index is 819. The van der Waals surface area contributed by atoms with Gasteiger partial charge < -0.3 is 10.2 Å². The van der Waals surface area contributed by atoms with Crippen LogP contribution in [0.5, 0.6) is 11.5 Å². The van der Waals surface area contributed by atoms with Gasteiger partial charge in [0.2, 0.25) is 5.78 Å². The van der Waals surface area contributed by atoms with Crippen molar-refractivity contribution in [1.82, 2.24) is 9.38 Å². The Morgan fingerprint density at radius 1 is 1.14 bits per heavy atom. The maximum atomic E-state index is 12.7. The van der Waals surface area contributed by atoms with Crippen molar-refractivity contribution in [2.75, 3.05) is 0 Å². The third-order valence-corrected chi connectivity index (χ3v) is 3.36. The summed E-state index contributed by atoms with van der Waals surface area (Å²) in [6.45, 7) is 1.93. The van der Waals surface area contributed by atoms with Gasteiger partial charge in [0.25, 0.3) is 0 Å². The Morgan fingerprint density at radius 2 is 1.86 bits per heavy atom. The molecule has 0 atom stereocenters. The Morgan fingerprint density at radius 3 is 2.52 bits per heavy atom. The molecule has 0 spiro atoms. The number of ketones is 1. The van der Waals surface area contributed by atoms with Crippen LogP contribution < -0.4 is 0 Å². The van der Waals surface area contributed by atoms with Gasteiger partial charge in [-0.15, -0.1) is 0 Å². The van der Waals surface area contributed by atoms with E-state index in [1.165, 1.54) is 24.3 Å². The number of aromatic hydroxyl groups is 2. The SMILES string of the molecule is CCc1nc2cc(O)ccn2c1C(=O)c1ccc(O)cc1. The molecule has 0 unspecified atom stereocenters. The predicted molar refractivity (Wildman–Crippen MR) is 77.8 cm³/mol. The Kier molecular flexibility index (Phi) is 3.10. The van der Waals surface area contributed by atoms with Crippen LogP contribution in [-0.2, 0) is 6.42 Å². The van der Waals surface area contributed by atoms with Gasteiger partial charge in [0, 0.05) is 17.8 Å². The summed E-state index contributed by atoms with van der Waals surface area (Å²) in [5, 5.41) is 18.8. The first-order chi connectivity index (χ1) is 10.1. The minimum absolute atomic E-state index is 0.110. The van der Waals surface area contributed by atoms with Crippen molar-refractivity contribution in [3.63, 3.8) is 0 Å². The number of phenols is 1. The second-order valence-corrected chi connectivity index (χ2v) is 4.75. The summed E-state index contributed by atoms with van der Waals surface area (Å²) in [6, 6.07) is 9.16. The maximum Gasteiger partial charge on any atom is 0.211 e. The first-order valence-electron chi connectivity index (χ1n) is 6.64. The summed E-state index contributed by atoms with van der Waals surface area (Å²) in [4.78, 5) is 17.1. The number of phenolic OH excluding ortho intramolecular Hbond substituents is 1. The number of nitrogens with zero attached hydrogens (tertiary/aromatic N) is 2. The number of pyridine rings is 1. The molecule has 0 aliphatic rings. The van der Waals surface area contributed by atoms with Crippen molar-refractivity contribution in [3.05, 3.63) is 59.5 Å². The van der Waals surface area contributed by atoms with Crippen molar-refractivity contribution in [2.45, 2.75) is 13.3 Å². The van der Waals surface area contributed by atoms with E-state index in [1.54, 1.807) is 22.7 Å². The van der Waals surface area contributed by atoms with Gasteiger partial charge in [0.1, 0.15) is 22.8 Å². The lowest BCUT2D eigenvalue weighted by molar-refractivity contribution is 0.103. The minimum Gasteiger partial charge on any atom is -0.508 e. The van der Waals surface area contributed by atoms with Crippen LogP contribution >= 0.6 is 0 Å². The van der Waals surface area contributed by atoms with E-state index in [0.717, 1.165) is 0 Å². The molecule has 21 heavy (non-hydrogen) atoms. The number of benzene rings is 1. The van der Waals surface area contributed by atoms with E-state index in [2.05, 4.69) is 4.98 Å². The zero-order valence-electron chi connectivity index (χ0n) is 11.4. The normalized spacial score (nSPS) is 10.9. The maximum absolute atomic E-state index is 12.7. The molecule has 0 saturated heterocycles. The van der Waals surface area contributed by atoms with Crippen LogP contribution in [0.4, 0.5) is 0 Å². The molecule has 2 aromatic heterocycles. The molecule has 0 aliphatic carbocycles. The molecule has 1 aromatic carbocycles. The highest BCUT2D eigenvalue weighted by Gasteiger charge is 2.19. The predicted octanol–water partition coefficient (Wildman–Crippen LogP) is 2.54. The Labute approximate surface area is 121 Å². The standard InChI is InChI=1S/C16H14N2O3/c1-2-13-15(16(21)10-3-5-11(19)6-4-10)18-8-7-12(20)9-14(18)17-13/h3-9,19-20H,2H2,1H3. The first-order valence-corrected chi connectivity index (χ1v) is 6.64. The summed E-state index contributed by atoms with van der Waals surface area (Å²) in [5.41, 5.74) is 2.18. The largest absolute Gasteiger partial charge is 0.508 e. The molecule has 106 valence electrons. The van der Waals surface area contributed by atoms with Crippen LogP contribution in [0.3, 0.4) is 0 Å². The summed E-state index contributed by atoms with van der Waals surface area (Å²) >= 11 is 0. The van der Waals surface area contributed by atoms with E-state index in [-0.39, 0.29) is 17.3 Å². The van der Waals surface area contributed by atoms with Gasteiger partial charge in [-0.1, -0.05) is 6.92 Å². The van der Waals surface area contributed by atoms with Crippen LogP contribution in [0.15, 0.2) is 42.6 Å². The lowest BCUT2D eigenvalue weighted by Crippen LogP contribution is -2.07. The highest BCUT2D eigenvalue weighted by atomic mass is 16.3. The quantitative estimate of drug-likeness (QED) is 0.724. The first kappa shape index (κ1) is 13.2. The van der Waals surface area contributed by atoms with Crippen LogP contribution in [0.2, 0.25) is 0 Å². The van der Waals surface area contributed by atoms with Crippen LogP contribution in [0, 0.1) is 0 Å². The summed E-state index contributed by atoms with van der Waals surface area (Å²) < 4.78 is 1.67. The minimum atomic E-state index is -0.162. The molecular formula is C16H14N2O3. The molecule has 3 aromatic rings. The molecule has 0 saturated carbocycles. The van der Waals surface area contributed by atoms with E-state index in [9.17, 15) is 15.0 Å². The van der Waals surface area contributed by atoms with Crippen molar-refractivity contribution in [3.8, 4) is 11.5 Å². The van der Waals surface area contributed by atoms with E-state index < -0.39 is 0 Å². The third-order valence-electron chi connectivity index (χ3n) is 3.36. The number of rotatable bonds is 3. The number of aryl methyl sites for hydroxylation is 1. The lowest BCUT2D eigenvalue weighted by atomic mass is 10.1. The average Bonchev–Trinajstić information content (AvgIpc) is 2.84. The van der Waals surface area contributed by atoms with Gasteiger partial charge in [-0.05, 0) is 36.8 Å². The fourth-order valence-electron chi connectivity index (χ4n) is 2.32. The third kappa shape index (κ3) is 2.23. The Hall–Kier alpha value is -2.82. The molecule has 5 heteroatoms. The van der Waals surface area contributed by atoms with Crippen molar-refractivity contribution >= 4 is 11.4 Å².